The number of carbonyl (C=O) groups excluding carboxylic acids is 1. The van der Waals surface area contributed by atoms with Crippen molar-refractivity contribution < 1.29 is 19.4 Å². The Bertz CT molecular complexity index is 669. The standard InChI is InChI=1S/C14H14N2O4/c1-16(8-12(17)20-2)13-10-4-3-5-11(14(18)19)9(10)6-7-15-13/h3-7H,8H2,1-2H3,(H,18,19). The number of methoxy groups -OCH3 is 1. The lowest BCUT2D eigenvalue weighted by molar-refractivity contribution is -0.138. The van der Waals surface area contributed by atoms with Gasteiger partial charge in [0.05, 0.1) is 12.7 Å². The Balaban J connectivity index is 2.52. The van der Waals surface area contributed by atoms with E-state index in [2.05, 4.69) is 9.72 Å². The van der Waals surface area contributed by atoms with Crippen LogP contribution in [0.25, 0.3) is 10.8 Å². The third-order valence-electron chi connectivity index (χ3n) is 2.97. The molecule has 0 aliphatic rings. The zero-order valence-corrected chi connectivity index (χ0v) is 11.2. The third kappa shape index (κ3) is 2.54. The summed E-state index contributed by atoms with van der Waals surface area (Å²) in [5, 5.41) is 10.5. The molecule has 1 heterocycles. The van der Waals surface area contributed by atoms with Gasteiger partial charge in [0.15, 0.2) is 0 Å². The van der Waals surface area contributed by atoms with Crippen molar-refractivity contribution in [2.24, 2.45) is 0 Å². The number of carboxylic acids is 1. The van der Waals surface area contributed by atoms with Gasteiger partial charge in [0, 0.05) is 24.0 Å². The molecule has 0 unspecified atom stereocenters. The Hall–Kier alpha value is -2.63. The van der Waals surface area contributed by atoms with E-state index in [0.29, 0.717) is 16.6 Å². The van der Waals surface area contributed by atoms with Gasteiger partial charge in [0.1, 0.15) is 12.4 Å². The summed E-state index contributed by atoms with van der Waals surface area (Å²) in [7, 11) is 3.02. The lowest BCUT2D eigenvalue weighted by Gasteiger charge is -2.18. The molecule has 6 heteroatoms. The number of nitrogens with zero attached hydrogens (tertiary/aromatic N) is 2. The van der Waals surface area contributed by atoms with E-state index in [1.807, 2.05) is 0 Å². The summed E-state index contributed by atoms with van der Waals surface area (Å²) in [6.45, 7) is 0.0416. The Labute approximate surface area is 115 Å². The highest BCUT2D eigenvalue weighted by atomic mass is 16.5. The van der Waals surface area contributed by atoms with Crippen molar-refractivity contribution in [3.63, 3.8) is 0 Å². The molecule has 20 heavy (non-hydrogen) atoms. The summed E-state index contributed by atoms with van der Waals surface area (Å²) in [6.07, 6.45) is 1.53. The summed E-state index contributed by atoms with van der Waals surface area (Å²) in [5.74, 6) is -0.847. The first-order valence-electron chi connectivity index (χ1n) is 5.93. The minimum Gasteiger partial charge on any atom is -0.478 e. The minimum absolute atomic E-state index is 0.0416. The Kier molecular flexibility index (Phi) is 3.84. The van der Waals surface area contributed by atoms with Gasteiger partial charge in [-0.15, -0.1) is 0 Å². The monoisotopic (exact) mass is 274 g/mol. The number of pyridine rings is 1. The maximum Gasteiger partial charge on any atom is 0.336 e. The van der Waals surface area contributed by atoms with Crippen LogP contribution in [-0.2, 0) is 9.53 Å². The topological polar surface area (TPSA) is 79.7 Å². The van der Waals surface area contributed by atoms with Crippen molar-refractivity contribution >= 4 is 28.5 Å². The highest BCUT2D eigenvalue weighted by molar-refractivity contribution is 6.06. The molecule has 1 aromatic carbocycles. The third-order valence-corrected chi connectivity index (χ3v) is 2.97. The summed E-state index contributed by atoms with van der Waals surface area (Å²) < 4.78 is 4.61. The molecule has 1 N–H and O–H groups in total. The van der Waals surface area contributed by atoms with Crippen molar-refractivity contribution in [1.82, 2.24) is 4.98 Å². The molecule has 0 bridgehead atoms. The first-order valence-corrected chi connectivity index (χ1v) is 5.93. The number of anilines is 1. The van der Waals surface area contributed by atoms with Crippen molar-refractivity contribution in [3.8, 4) is 0 Å². The van der Waals surface area contributed by atoms with Gasteiger partial charge in [0.2, 0.25) is 0 Å². The first kappa shape index (κ1) is 13.8. The second kappa shape index (κ2) is 5.56. The van der Waals surface area contributed by atoms with Crippen molar-refractivity contribution in [2.75, 3.05) is 25.6 Å². The fourth-order valence-electron chi connectivity index (χ4n) is 2.02. The minimum atomic E-state index is -0.997. The molecule has 0 fully saturated rings. The van der Waals surface area contributed by atoms with Gasteiger partial charge in [0.25, 0.3) is 0 Å². The second-order valence-electron chi connectivity index (χ2n) is 4.27. The number of esters is 1. The van der Waals surface area contributed by atoms with Gasteiger partial charge in [-0.2, -0.15) is 0 Å². The van der Waals surface area contributed by atoms with Gasteiger partial charge in [-0.05, 0) is 12.1 Å². The van der Waals surface area contributed by atoms with E-state index in [1.54, 1.807) is 30.1 Å². The molecule has 0 radical (unpaired) electrons. The van der Waals surface area contributed by atoms with Crippen LogP contribution in [-0.4, -0.2) is 42.7 Å². The van der Waals surface area contributed by atoms with Crippen LogP contribution >= 0.6 is 0 Å². The number of likely N-dealkylation sites (N-methyl/N-ethyl adjacent to an activating group) is 1. The Morgan fingerprint density at radius 1 is 1.30 bits per heavy atom. The Morgan fingerprint density at radius 3 is 2.70 bits per heavy atom. The molecule has 104 valence electrons. The van der Waals surface area contributed by atoms with E-state index in [0.717, 1.165) is 0 Å². The molecule has 0 atom stereocenters. The van der Waals surface area contributed by atoms with Crippen LogP contribution in [0.4, 0.5) is 5.82 Å². The van der Waals surface area contributed by atoms with Gasteiger partial charge in [-0.1, -0.05) is 12.1 Å². The van der Waals surface area contributed by atoms with Crippen molar-refractivity contribution in [3.05, 3.63) is 36.0 Å². The zero-order valence-electron chi connectivity index (χ0n) is 11.2. The number of carboxylic acid groups (broad SMARTS) is 1. The molecule has 0 aliphatic heterocycles. The highest BCUT2D eigenvalue weighted by Crippen LogP contribution is 2.26. The van der Waals surface area contributed by atoms with Crippen LogP contribution < -0.4 is 4.90 Å². The maximum absolute atomic E-state index is 11.3. The van der Waals surface area contributed by atoms with Crippen molar-refractivity contribution in [1.29, 1.82) is 0 Å². The van der Waals surface area contributed by atoms with Crippen LogP contribution in [0.1, 0.15) is 10.4 Å². The van der Waals surface area contributed by atoms with E-state index in [4.69, 9.17) is 0 Å². The zero-order chi connectivity index (χ0) is 14.7. The van der Waals surface area contributed by atoms with Crippen molar-refractivity contribution in [2.45, 2.75) is 0 Å². The summed E-state index contributed by atoms with van der Waals surface area (Å²) in [6, 6.07) is 6.61. The number of rotatable bonds is 4. The molecule has 0 saturated heterocycles. The molecule has 1 aromatic heterocycles. The smallest absolute Gasteiger partial charge is 0.336 e. The van der Waals surface area contributed by atoms with Gasteiger partial charge in [-0.25, -0.2) is 9.78 Å². The molecule has 0 saturated carbocycles. The van der Waals surface area contributed by atoms with Crippen LogP contribution in [0.3, 0.4) is 0 Å². The largest absolute Gasteiger partial charge is 0.478 e. The first-order chi connectivity index (χ1) is 9.54. The molecule has 2 aromatic rings. The normalized spacial score (nSPS) is 10.3. The average Bonchev–Trinajstić information content (AvgIpc) is 2.45. The average molecular weight is 274 g/mol. The number of benzene rings is 1. The number of carbonyl (C=O) groups is 2. The fraction of sp³-hybridized carbons (Fsp3) is 0.214. The SMILES string of the molecule is COC(=O)CN(C)c1nccc2c(C(=O)O)cccc12. The van der Waals surface area contributed by atoms with Crippen LogP contribution in [0.2, 0.25) is 0 Å². The summed E-state index contributed by atoms with van der Waals surface area (Å²) in [4.78, 5) is 28.4. The molecule has 2 rings (SSSR count). The number of hydrogen-bond donors (Lipinski definition) is 1. The fourth-order valence-corrected chi connectivity index (χ4v) is 2.02. The number of hydrogen-bond acceptors (Lipinski definition) is 5. The quantitative estimate of drug-likeness (QED) is 0.852. The lowest BCUT2D eigenvalue weighted by atomic mass is 10.1. The lowest BCUT2D eigenvalue weighted by Crippen LogP contribution is -2.27. The highest BCUT2D eigenvalue weighted by Gasteiger charge is 2.15. The van der Waals surface area contributed by atoms with Crippen LogP contribution in [0.15, 0.2) is 30.5 Å². The molecular formula is C14H14N2O4. The molecular weight excluding hydrogens is 260 g/mol. The van der Waals surface area contributed by atoms with Gasteiger partial charge < -0.3 is 14.7 Å². The van der Waals surface area contributed by atoms with E-state index in [9.17, 15) is 14.7 Å². The van der Waals surface area contributed by atoms with Crippen LogP contribution in [0, 0.1) is 0 Å². The number of ether oxygens (including phenoxy) is 1. The number of fused-ring (bicyclic) bond motifs is 1. The molecule has 6 nitrogen and oxygen atoms in total. The second-order valence-corrected chi connectivity index (χ2v) is 4.27. The van der Waals surface area contributed by atoms with E-state index < -0.39 is 5.97 Å². The van der Waals surface area contributed by atoms with E-state index >= 15 is 0 Å². The molecule has 0 aliphatic carbocycles. The predicted octanol–water partition coefficient (Wildman–Crippen LogP) is 1.54. The van der Waals surface area contributed by atoms with E-state index in [1.165, 1.54) is 19.4 Å². The summed E-state index contributed by atoms with van der Waals surface area (Å²) >= 11 is 0. The number of aromatic carboxylic acids is 1. The van der Waals surface area contributed by atoms with Crippen LogP contribution in [0.5, 0.6) is 0 Å². The summed E-state index contributed by atoms with van der Waals surface area (Å²) in [5.41, 5.74) is 0.206. The molecule has 0 amide bonds. The van der Waals surface area contributed by atoms with Gasteiger partial charge in [-0.3, -0.25) is 4.79 Å². The molecule has 0 spiro atoms. The maximum atomic E-state index is 11.3. The number of aromatic nitrogens is 1. The predicted molar refractivity (Wildman–Crippen MR) is 74.0 cm³/mol. The van der Waals surface area contributed by atoms with E-state index in [-0.39, 0.29) is 18.1 Å². The van der Waals surface area contributed by atoms with Gasteiger partial charge >= 0.3 is 11.9 Å². The Morgan fingerprint density at radius 2 is 2.05 bits per heavy atom.